The Hall–Kier alpha value is -2.53. The second kappa shape index (κ2) is 38.3. The van der Waals surface area contributed by atoms with Gasteiger partial charge in [0.15, 0.2) is 56.6 Å². The lowest BCUT2D eigenvalue weighted by Crippen LogP contribution is -2.71. The second-order valence-corrected chi connectivity index (χ2v) is 26.5. The summed E-state index contributed by atoms with van der Waals surface area (Å²) in [7, 11) is 0.957. The van der Waals surface area contributed by atoms with Gasteiger partial charge < -0.3 is 239 Å². The van der Waals surface area contributed by atoms with E-state index in [1.165, 1.54) is 0 Å². The Morgan fingerprint density at radius 3 is 0.705 bits per heavy atom. The van der Waals surface area contributed by atoms with Crippen LogP contribution < -0.4 is 51.2 Å². The number of carbonyl (C=O) groups excluding carboxylic acids is 1. The first-order valence-corrected chi connectivity index (χ1v) is 33.4. The van der Waals surface area contributed by atoms with Gasteiger partial charge >= 0.3 is 6.09 Å². The molecule has 9 aliphatic heterocycles. The molecule has 9 rings (SSSR count). The molecule has 37 N–H and O–H groups in total. The molecule has 9 heterocycles. The minimum Gasteiger partial charge on any atom is -0.453 e. The zero-order valence-electron chi connectivity index (χ0n) is 55.7. The van der Waals surface area contributed by atoms with E-state index in [-0.39, 0.29) is 7.43 Å². The van der Waals surface area contributed by atoms with E-state index in [0.29, 0.717) is 0 Å². The molecular formula is C57H107N9O39. The topological polar surface area (TPSA) is 808 Å². The number of amides is 1. The summed E-state index contributed by atoms with van der Waals surface area (Å²) in [5, 5.41) is 219. The van der Waals surface area contributed by atoms with Crippen LogP contribution >= 0.6 is 0 Å². The molecule has 0 radical (unpaired) electrons. The fourth-order valence-corrected chi connectivity index (χ4v) is 13.7. The maximum Gasteiger partial charge on any atom is 0.407 e. The molecule has 9 saturated heterocycles. The van der Waals surface area contributed by atoms with Gasteiger partial charge in [-0.2, -0.15) is 0 Å². The highest BCUT2D eigenvalue weighted by Crippen LogP contribution is 2.39. The zero-order chi connectivity index (χ0) is 76.4. The van der Waals surface area contributed by atoms with E-state index in [4.69, 9.17) is 131 Å². The van der Waals surface area contributed by atoms with Gasteiger partial charge in [-0.15, -0.1) is 0 Å². The molecule has 1 amide bonds. The monoisotopic (exact) mass is 1540 g/mol. The Labute approximate surface area is 597 Å². The third kappa shape index (κ3) is 18.4. The highest BCUT2D eigenvalue weighted by atomic mass is 16.8. The molecule has 0 aromatic rings. The number of hydrogen-bond donors (Lipinski definition) is 29. The van der Waals surface area contributed by atoms with Crippen molar-refractivity contribution in [3.8, 4) is 0 Å². The Balaban J connectivity index is 0.0000139. The highest BCUT2D eigenvalue weighted by molar-refractivity contribution is 5.67. The van der Waals surface area contributed by atoms with E-state index in [1.54, 1.807) is 0 Å². The average molecular weight is 1540 g/mol. The van der Waals surface area contributed by atoms with Crippen LogP contribution in [0.5, 0.6) is 0 Å². The van der Waals surface area contributed by atoms with Crippen molar-refractivity contribution >= 4 is 6.09 Å². The largest absolute Gasteiger partial charge is 0.453 e. The van der Waals surface area contributed by atoms with Gasteiger partial charge in [-0.05, 0) is 0 Å². The smallest absolute Gasteiger partial charge is 0.407 e. The van der Waals surface area contributed by atoms with E-state index >= 15 is 0 Å². The van der Waals surface area contributed by atoms with Crippen molar-refractivity contribution in [3.63, 3.8) is 0 Å². The maximum absolute atomic E-state index is 12.8. The fraction of sp³-hybridized carbons (Fsp3) is 0.982. The number of alkyl carbamates (subject to hydrolysis) is 1. The Bertz CT molecular complexity index is 2620. The number of nitrogens with two attached hydrogens (primary N) is 8. The number of aliphatic hydroxyl groups is 20. The molecule has 48 heteroatoms. The Morgan fingerprint density at radius 1 is 0.276 bits per heavy atom. The first kappa shape index (κ1) is 88.0. The van der Waals surface area contributed by atoms with Crippen LogP contribution in [-0.4, -0.2) is 451 Å². The molecular weight excluding hydrogens is 1430 g/mol. The molecule has 105 heavy (non-hydrogen) atoms. The zero-order valence-corrected chi connectivity index (χ0v) is 55.7. The summed E-state index contributed by atoms with van der Waals surface area (Å²) in [4.78, 5) is 12.8. The van der Waals surface area contributed by atoms with Gasteiger partial charge in [0.25, 0.3) is 0 Å². The average Bonchev–Trinajstić information content (AvgIpc) is 0.755. The van der Waals surface area contributed by atoms with E-state index in [9.17, 15) is 107 Å². The van der Waals surface area contributed by atoms with Crippen molar-refractivity contribution in [2.24, 2.45) is 45.9 Å². The second-order valence-electron chi connectivity index (χ2n) is 26.5. The van der Waals surface area contributed by atoms with E-state index < -0.39 is 341 Å². The molecule has 0 aromatic carbocycles. The number of rotatable bonds is 26. The predicted octanol–water partition coefficient (Wildman–Crippen LogP) is -19.9. The van der Waals surface area contributed by atoms with Crippen LogP contribution in [0.2, 0.25) is 0 Å². The number of carbonyl (C=O) groups is 1. The van der Waals surface area contributed by atoms with Crippen LogP contribution in [0.3, 0.4) is 0 Å². The molecule has 0 aliphatic carbocycles. The van der Waals surface area contributed by atoms with Gasteiger partial charge in [0.1, 0.15) is 171 Å². The quantitative estimate of drug-likeness (QED) is 0.0382. The third-order valence-corrected chi connectivity index (χ3v) is 19.9. The van der Waals surface area contributed by atoms with Gasteiger partial charge in [0.2, 0.25) is 0 Å². The normalized spacial score (nSPS) is 51.5. The summed E-state index contributed by atoms with van der Waals surface area (Å²) < 4.78 is 104. The van der Waals surface area contributed by atoms with Crippen LogP contribution in [0.1, 0.15) is 7.43 Å². The lowest BCUT2D eigenvalue weighted by atomic mass is 9.93. The summed E-state index contributed by atoms with van der Waals surface area (Å²) in [6, 6.07) is -14.6. The molecule has 45 atom stereocenters. The molecule has 9 aliphatic rings. The van der Waals surface area contributed by atoms with Gasteiger partial charge in [-0.3, -0.25) is 0 Å². The molecule has 0 spiro atoms. The summed E-state index contributed by atoms with van der Waals surface area (Å²) >= 11 is 0. The summed E-state index contributed by atoms with van der Waals surface area (Å²) in [5.41, 5.74) is 50.2. The number of aliphatic hydroxyl groups excluding tert-OH is 20. The van der Waals surface area contributed by atoms with Crippen LogP contribution in [0.4, 0.5) is 4.79 Å². The lowest BCUT2D eigenvalue weighted by Gasteiger charge is -2.51. The van der Waals surface area contributed by atoms with Crippen molar-refractivity contribution in [1.29, 1.82) is 0 Å². The van der Waals surface area contributed by atoms with Crippen molar-refractivity contribution in [1.82, 2.24) is 5.32 Å². The highest BCUT2D eigenvalue weighted by Gasteiger charge is 2.60. The standard InChI is InChI=1S/C56H103N9O39.CH4/c1-87-56(86)65-28-38(84)46(19(10-74)96-55(28)104-45-18(9-73)95-49(27(64)37(45)83)97-39-12(3-67)88-47(85)20(57)31(39)77)103-54-26(63)36(82)44(17(8-72)94-54)102-53-25(62)35(81)43(16(7-71)93-53)101-52-24(61)34(80)42(15(6-70)92-52)100-51-23(60)33(79)41(14(5-69)91-51)99-50-22(59)32(78)40(13(4-68)90-50)98-48-21(58)30(76)29(75)11(2-66)89-48;/h11-55,66-85H,2-10,57-64H2,1H3,(H,65,86);1H4/t11-,12-,13-,14-,15-,16-,17-,18-,19-,20-,21-,22-,23-,24-,25-,26-,27-,28-,29-,30-,31-,32-,33-,34-,35-,36-,37-,38-,39-,40-,41-,42-,43-,44-,45-,46-,47-,48+,49+,50+,51+,52+,53+,54+,55+;/m1./s1. The molecule has 0 bridgehead atoms. The first-order valence-electron chi connectivity index (χ1n) is 33.4. The van der Waals surface area contributed by atoms with Crippen LogP contribution in [0, 0.1) is 0 Å². The van der Waals surface area contributed by atoms with Crippen molar-refractivity contribution in [3.05, 3.63) is 0 Å². The maximum atomic E-state index is 12.8. The van der Waals surface area contributed by atoms with E-state index in [1.807, 2.05) is 0 Å². The van der Waals surface area contributed by atoms with Gasteiger partial charge in [0, 0.05) is 0 Å². The first-order chi connectivity index (χ1) is 49.4. The number of methoxy groups -OCH3 is 1. The fourth-order valence-electron chi connectivity index (χ4n) is 13.7. The molecule has 0 unspecified atom stereocenters. The lowest BCUT2D eigenvalue weighted by molar-refractivity contribution is -0.372. The molecule has 614 valence electrons. The molecule has 0 saturated carbocycles. The minimum absolute atomic E-state index is 0. The van der Waals surface area contributed by atoms with Crippen LogP contribution in [-0.2, 0) is 85.3 Å². The van der Waals surface area contributed by atoms with Crippen LogP contribution in [0.25, 0.3) is 0 Å². The third-order valence-electron chi connectivity index (χ3n) is 19.9. The van der Waals surface area contributed by atoms with E-state index in [0.717, 1.165) is 7.11 Å². The van der Waals surface area contributed by atoms with Crippen molar-refractivity contribution in [2.45, 2.75) is 283 Å². The minimum atomic E-state index is -2.04. The summed E-state index contributed by atoms with van der Waals surface area (Å²) in [5.74, 6) is 0. The van der Waals surface area contributed by atoms with Gasteiger partial charge in [0.05, 0.1) is 115 Å². The molecule has 48 nitrogen and oxygen atoms in total. The summed E-state index contributed by atoms with van der Waals surface area (Å²) in [6.45, 7) is -8.24. The van der Waals surface area contributed by atoms with Crippen LogP contribution in [0.15, 0.2) is 0 Å². The van der Waals surface area contributed by atoms with Gasteiger partial charge in [-0.25, -0.2) is 4.79 Å². The van der Waals surface area contributed by atoms with Crippen molar-refractivity contribution < 1.29 is 192 Å². The Kier molecular flexibility index (Phi) is 32.1. The predicted molar refractivity (Wildman–Crippen MR) is 333 cm³/mol. The SMILES string of the molecule is C.COC(=O)N[C@H]1[C@H](O[C@H]2[C@H](O)[C@@H](N)[C@H](O[C@H]3[C@H](O)[C@@H](N)[C@H](O)O[C@@H]3CO)O[C@@H]2CO)O[C@H](CO)[C@@H](O[C@@H]2O[C@H](CO)[C@@H](O[C@@H]3O[C@H](CO)[C@@H](O[C@@H]4O[C@H](CO)[C@@H](O[C@@H]5O[C@H](CO)[C@@H](O[C@@H]6O[C@H](CO)[C@@H](O[C@@H]7O[C@H](CO)[C@@H](O)[C@H](O)[C@H]7N)[C@H](O)[C@H]6N)[C@H](O)[C@H]5N)[C@H](O)[C@H]4N)[C@H](O)[C@H]3N)[C@H](O)[C@H]2N)[C@@H]1O. The van der Waals surface area contributed by atoms with Crippen molar-refractivity contribution in [2.75, 3.05) is 66.6 Å². The van der Waals surface area contributed by atoms with E-state index in [2.05, 4.69) is 5.32 Å². The number of ether oxygens (including phenoxy) is 18. The Morgan fingerprint density at radius 2 is 0.467 bits per heavy atom. The summed E-state index contributed by atoms with van der Waals surface area (Å²) in [6.07, 6.45) is -62.6. The number of nitrogens with one attached hydrogen (secondary N) is 1. The number of hydrogen-bond acceptors (Lipinski definition) is 47. The van der Waals surface area contributed by atoms with Gasteiger partial charge in [-0.1, -0.05) is 7.43 Å². The molecule has 0 aromatic heterocycles. The molecule has 9 fully saturated rings.